The first-order valence-electron chi connectivity index (χ1n) is 9.12. The third-order valence-electron chi connectivity index (χ3n) is 4.46. The Kier molecular flexibility index (Phi) is 7.12. The van der Waals surface area contributed by atoms with Crippen LogP contribution in [0, 0.1) is 0 Å². The maximum atomic E-state index is 12.7. The minimum atomic E-state index is -0.683. The molecule has 2 amide bonds. The molecular weight excluding hydrogens is 346 g/mol. The number of hydrogen-bond acceptors (Lipinski definition) is 4. The van der Waals surface area contributed by atoms with Gasteiger partial charge in [-0.25, -0.2) is 0 Å². The number of carbonyl (C=O) groups excluding carboxylic acids is 3. The van der Waals surface area contributed by atoms with E-state index in [1.807, 2.05) is 26.0 Å². The van der Waals surface area contributed by atoms with Crippen molar-refractivity contribution in [1.82, 2.24) is 14.8 Å². The molecule has 1 N–H and O–H groups in total. The highest BCUT2D eigenvalue weighted by atomic mass is 16.5. The van der Waals surface area contributed by atoms with Gasteiger partial charge in [-0.15, -0.1) is 0 Å². The fraction of sp³-hybridized carbons (Fsp3) is 0.450. The average Bonchev–Trinajstić information content (AvgIpc) is 3.01. The number of nitrogens with one attached hydrogen (secondary N) is 1. The molecule has 0 spiro atoms. The highest BCUT2D eigenvalue weighted by Gasteiger charge is 2.23. The summed E-state index contributed by atoms with van der Waals surface area (Å²) < 4.78 is 6.71. The molecule has 146 valence electrons. The number of ketones is 1. The Hall–Kier alpha value is -2.67. The van der Waals surface area contributed by atoms with E-state index in [2.05, 4.69) is 5.32 Å². The SMILES string of the molecule is CCN(CC)C(=O)Cn1cc(C(=O)C(=O)N[C@@H](C)COC)c2ccccc21. The molecule has 0 radical (unpaired) electrons. The van der Waals surface area contributed by atoms with Gasteiger partial charge in [0, 0.05) is 43.3 Å². The van der Waals surface area contributed by atoms with E-state index in [0.717, 1.165) is 5.52 Å². The summed E-state index contributed by atoms with van der Waals surface area (Å²) >= 11 is 0. The number of ether oxygens (including phenoxy) is 1. The van der Waals surface area contributed by atoms with Gasteiger partial charge >= 0.3 is 0 Å². The number of hydrogen-bond donors (Lipinski definition) is 1. The minimum Gasteiger partial charge on any atom is -0.383 e. The van der Waals surface area contributed by atoms with Gasteiger partial charge in [0.2, 0.25) is 5.91 Å². The van der Waals surface area contributed by atoms with Crippen LogP contribution in [-0.4, -0.2) is 59.9 Å². The summed E-state index contributed by atoms with van der Waals surface area (Å²) in [7, 11) is 1.53. The summed E-state index contributed by atoms with van der Waals surface area (Å²) in [5, 5.41) is 3.29. The number of carbonyl (C=O) groups is 3. The molecule has 1 aromatic carbocycles. The van der Waals surface area contributed by atoms with Gasteiger partial charge in [0.1, 0.15) is 6.54 Å². The lowest BCUT2D eigenvalue weighted by Gasteiger charge is -2.19. The smallest absolute Gasteiger partial charge is 0.292 e. The first-order valence-corrected chi connectivity index (χ1v) is 9.12. The molecule has 1 aromatic heterocycles. The zero-order valence-corrected chi connectivity index (χ0v) is 16.3. The summed E-state index contributed by atoms with van der Waals surface area (Å²) in [5.41, 5.74) is 1.04. The largest absolute Gasteiger partial charge is 0.383 e. The number of aromatic nitrogens is 1. The van der Waals surface area contributed by atoms with Gasteiger partial charge in [-0.05, 0) is 26.8 Å². The quantitative estimate of drug-likeness (QED) is 0.537. The van der Waals surface area contributed by atoms with Crippen molar-refractivity contribution in [2.24, 2.45) is 0 Å². The van der Waals surface area contributed by atoms with Crippen molar-refractivity contribution in [2.75, 3.05) is 26.8 Å². The summed E-state index contributed by atoms with van der Waals surface area (Å²) in [4.78, 5) is 39.2. The van der Waals surface area contributed by atoms with Crippen LogP contribution >= 0.6 is 0 Å². The molecule has 0 unspecified atom stereocenters. The van der Waals surface area contributed by atoms with Crippen LogP contribution in [0.25, 0.3) is 10.9 Å². The molecule has 0 fully saturated rings. The first-order chi connectivity index (χ1) is 12.9. The third kappa shape index (κ3) is 4.74. The number of benzene rings is 1. The highest BCUT2D eigenvalue weighted by Crippen LogP contribution is 2.22. The molecule has 27 heavy (non-hydrogen) atoms. The van der Waals surface area contributed by atoms with Gasteiger partial charge < -0.3 is 19.5 Å². The minimum absolute atomic E-state index is 0.0297. The van der Waals surface area contributed by atoms with E-state index in [1.54, 1.807) is 34.7 Å². The zero-order chi connectivity index (χ0) is 20.0. The van der Waals surface area contributed by atoms with E-state index in [1.165, 1.54) is 7.11 Å². The molecule has 0 aliphatic carbocycles. The molecule has 0 saturated heterocycles. The number of Topliss-reactive ketones (excluding diaryl/α,β-unsaturated/α-hetero) is 1. The molecule has 1 atom stereocenters. The van der Waals surface area contributed by atoms with Crippen molar-refractivity contribution in [3.8, 4) is 0 Å². The van der Waals surface area contributed by atoms with Crippen LogP contribution in [0.15, 0.2) is 30.5 Å². The number of likely N-dealkylation sites (N-methyl/N-ethyl adjacent to an activating group) is 1. The van der Waals surface area contributed by atoms with Crippen LogP contribution in [0.3, 0.4) is 0 Å². The Morgan fingerprint density at radius 3 is 2.48 bits per heavy atom. The van der Waals surface area contributed by atoms with E-state index in [4.69, 9.17) is 4.74 Å². The van der Waals surface area contributed by atoms with Crippen molar-refractivity contribution >= 4 is 28.5 Å². The second kappa shape index (κ2) is 9.32. The standard InChI is InChI=1S/C20H27N3O4/c1-5-22(6-2)18(24)12-23-11-16(15-9-7-8-10-17(15)23)19(25)20(26)21-14(3)13-27-4/h7-11,14H,5-6,12-13H2,1-4H3,(H,21,26)/t14-/m0/s1. The van der Waals surface area contributed by atoms with Gasteiger partial charge in [0.15, 0.2) is 0 Å². The van der Waals surface area contributed by atoms with Gasteiger partial charge in [0.05, 0.1) is 12.2 Å². The van der Waals surface area contributed by atoms with E-state index in [-0.39, 0.29) is 18.5 Å². The number of methoxy groups -OCH3 is 1. The second-order valence-corrected chi connectivity index (χ2v) is 6.41. The highest BCUT2D eigenvalue weighted by molar-refractivity contribution is 6.45. The molecule has 1 heterocycles. The number of amides is 2. The van der Waals surface area contributed by atoms with Crippen molar-refractivity contribution in [1.29, 1.82) is 0 Å². The summed E-state index contributed by atoms with van der Waals surface area (Å²) in [6, 6.07) is 7.00. The summed E-state index contributed by atoms with van der Waals surface area (Å²) in [5.74, 6) is -1.33. The molecule has 7 heteroatoms. The van der Waals surface area contributed by atoms with Gasteiger partial charge in [-0.2, -0.15) is 0 Å². The Bertz CT molecular complexity index is 824. The topological polar surface area (TPSA) is 80.6 Å². The van der Waals surface area contributed by atoms with E-state index >= 15 is 0 Å². The lowest BCUT2D eigenvalue weighted by atomic mass is 10.1. The Morgan fingerprint density at radius 1 is 1.19 bits per heavy atom. The number of rotatable bonds is 9. The number of fused-ring (bicyclic) bond motifs is 1. The van der Waals surface area contributed by atoms with Crippen molar-refractivity contribution in [2.45, 2.75) is 33.4 Å². The third-order valence-corrected chi connectivity index (χ3v) is 4.46. The first kappa shape index (κ1) is 20.6. The lowest BCUT2D eigenvalue weighted by molar-refractivity contribution is -0.131. The van der Waals surface area contributed by atoms with Crippen LogP contribution < -0.4 is 5.32 Å². The molecule has 0 saturated carbocycles. The predicted molar refractivity (Wildman–Crippen MR) is 104 cm³/mol. The van der Waals surface area contributed by atoms with Gasteiger partial charge in [0.25, 0.3) is 11.7 Å². The molecule has 2 rings (SSSR count). The molecule has 0 bridgehead atoms. The number of para-hydroxylation sites is 1. The van der Waals surface area contributed by atoms with Crippen LogP contribution in [0.2, 0.25) is 0 Å². The number of nitrogens with zero attached hydrogens (tertiary/aromatic N) is 2. The maximum Gasteiger partial charge on any atom is 0.292 e. The molecule has 7 nitrogen and oxygen atoms in total. The van der Waals surface area contributed by atoms with E-state index in [0.29, 0.717) is 30.6 Å². The van der Waals surface area contributed by atoms with Crippen LogP contribution in [0.5, 0.6) is 0 Å². The molecule has 2 aromatic rings. The van der Waals surface area contributed by atoms with Gasteiger partial charge in [-0.1, -0.05) is 18.2 Å². The summed E-state index contributed by atoms with van der Waals surface area (Å²) in [6.45, 7) is 7.31. The Labute approximate surface area is 159 Å². The molecule has 0 aliphatic rings. The van der Waals surface area contributed by atoms with Crippen molar-refractivity contribution < 1.29 is 19.1 Å². The Morgan fingerprint density at radius 2 is 1.85 bits per heavy atom. The van der Waals surface area contributed by atoms with E-state index < -0.39 is 11.7 Å². The molecule has 0 aliphatic heterocycles. The van der Waals surface area contributed by atoms with Crippen LogP contribution in [0.1, 0.15) is 31.1 Å². The average molecular weight is 373 g/mol. The second-order valence-electron chi connectivity index (χ2n) is 6.41. The summed E-state index contributed by atoms with van der Waals surface area (Å²) in [6.07, 6.45) is 1.59. The van der Waals surface area contributed by atoms with E-state index in [9.17, 15) is 14.4 Å². The van der Waals surface area contributed by atoms with Crippen LogP contribution in [0.4, 0.5) is 0 Å². The van der Waals surface area contributed by atoms with Gasteiger partial charge in [-0.3, -0.25) is 14.4 Å². The lowest BCUT2D eigenvalue weighted by Crippen LogP contribution is -2.39. The van der Waals surface area contributed by atoms with Crippen molar-refractivity contribution in [3.63, 3.8) is 0 Å². The normalized spacial score (nSPS) is 12.0. The fourth-order valence-electron chi connectivity index (χ4n) is 3.08. The fourth-order valence-corrected chi connectivity index (χ4v) is 3.08. The zero-order valence-electron chi connectivity index (χ0n) is 16.3. The predicted octanol–water partition coefficient (Wildman–Crippen LogP) is 1.84. The maximum absolute atomic E-state index is 12.7. The van der Waals surface area contributed by atoms with Crippen LogP contribution in [-0.2, 0) is 20.9 Å². The Balaban J connectivity index is 2.31. The molecular formula is C20H27N3O4. The monoisotopic (exact) mass is 373 g/mol. The van der Waals surface area contributed by atoms with Crippen molar-refractivity contribution in [3.05, 3.63) is 36.0 Å².